The van der Waals surface area contributed by atoms with Gasteiger partial charge in [0.15, 0.2) is 0 Å². The third-order valence-corrected chi connectivity index (χ3v) is 6.88. The number of hydrogen-bond donors (Lipinski definition) is 1. The van der Waals surface area contributed by atoms with Crippen LogP contribution in [0.3, 0.4) is 0 Å². The molecule has 0 amide bonds. The summed E-state index contributed by atoms with van der Waals surface area (Å²) in [6, 6.07) is 12.7. The summed E-state index contributed by atoms with van der Waals surface area (Å²) in [7, 11) is 0. The lowest BCUT2D eigenvalue weighted by atomic mass is 10.0. The molecule has 2 aromatic heterocycles. The molecule has 1 atom stereocenters. The molecule has 170 valence electrons. The molecular weight excluding hydrogens is 449 g/mol. The number of benzene rings is 1. The lowest BCUT2D eigenvalue weighted by Crippen LogP contribution is -2.46. The van der Waals surface area contributed by atoms with E-state index in [0.29, 0.717) is 0 Å². The van der Waals surface area contributed by atoms with Gasteiger partial charge >= 0.3 is 0 Å². The predicted molar refractivity (Wildman–Crippen MR) is 138 cm³/mol. The van der Waals surface area contributed by atoms with Gasteiger partial charge < -0.3 is 14.9 Å². The molecule has 1 aliphatic rings. The average molecular weight is 483 g/mol. The van der Waals surface area contributed by atoms with Gasteiger partial charge in [0.2, 0.25) is 0 Å². The molecule has 7 heteroatoms. The van der Waals surface area contributed by atoms with E-state index < -0.39 is 0 Å². The van der Waals surface area contributed by atoms with Crippen LogP contribution in [0.4, 0.5) is 5.82 Å². The molecule has 1 aliphatic heterocycles. The lowest BCUT2D eigenvalue weighted by molar-refractivity contribution is 0.164. The molecule has 1 saturated heterocycles. The van der Waals surface area contributed by atoms with Gasteiger partial charge in [-0.1, -0.05) is 51.0 Å². The number of unbranched alkanes of at least 4 members (excludes halogenated alkanes) is 1. The van der Waals surface area contributed by atoms with E-state index in [4.69, 9.17) is 4.98 Å². The molecule has 4 rings (SSSR count). The number of aliphatic hydroxyl groups excluding tert-OH is 1. The highest BCUT2D eigenvalue weighted by atomic mass is 35.5. The second-order valence-electron chi connectivity index (χ2n) is 7.87. The van der Waals surface area contributed by atoms with Crippen LogP contribution in [0.15, 0.2) is 41.8 Å². The van der Waals surface area contributed by atoms with E-state index in [-0.39, 0.29) is 30.9 Å². The predicted octanol–water partition coefficient (Wildman–Crippen LogP) is 6.17. The van der Waals surface area contributed by atoms with Crippen molar-refractivity contribution in [3.8, 4) is 11.3 Å². The number of pyridine rings is 1. The smallest absolute Gasteiger partial charge is 0.147 e. The normalized spacial score (nSPS) is 15.4. The van der Waals surface area contributed by atoms with Gasteiger partial charge in [-0.2, -0.15) is 0 Å². The van der Waals surface area contributed by atoms with E-state index in [1.807, 2.05) is 0 Å². The van der Waals surface area contributed by atoms with Crippen LogP contribution in [0.2, 0.25) is 0 Å². The number of piperazine rings is 1. The maximum absolute atomic E-state index is 10.4. The third kappa shape index (κ3) is 5.91. The molecule has 0 radical (unpaired) electrons. The summed E-state index contributed by atoms with van der Waals surface area (Å²) in [4.78, 5) is 10.0. The Morgan fingerprint density at radius 1 is 1.03 bits per heavy atom. The first kappa shape index (κ1) is 25.9. The monoisotopic (exact) mass is 481 g/mol. The van der Waals surface area contributed by atoms with Crippen molar-refractivity contribution in [1.29, 1.82) is 0 Å². The van der Waals surface area contributed by atoms with Crippen molar-refractivity contribution in [2.75, 3.05) is 37.6 Å². The topological polar surface area (TPSA) is 39.6 Å². The Balaban J connectivity index is 0.00000171. The van der Waals surface area contributed by atoms with Crippen LogP contribution in [0.25, 0.3) is 21.3 Å². The van der Waals surface area contributed by atoms with Crippen LogP contribution >= 0.6 is 36.2 Å². The van der Waals surface area contributed by atoms with Crippen molar-refractivity contribution in [2.45, 2.75) is 39.2 Å². The summed E-state index contributed by atoms with van der Waals surface area (Å²) in [6.45, 7) is 9.75. The van der Waals surface area contributed by atoms with E-state index in [0.717, 1.165) is 74.6 Å². The van der Waals surface area contributed by atoms with Crippen LogP contribution < -0.4 is 4.90 Å². The summed E-state index contributed by atoms with van der Waals surface area (Å²) in [5.74, 6) is 1.12. The van der Waals surface area contributed by atoms with Gasteiger partial charge in [-0.05, 0) is 41.4 Å². The van der Waals surface area contributed by atoms with E-state index in [1.54, 1.807) is 11.3 Å². The SMILES string of the molecule is CCCCC(O)c1ccc(-c2cc3ccsc3c(N3CCN(CC)CC3)n2)cc1.Cl.Cl. The Morgan fingerprint density at radius 2 is 1.74 bits per heavy atom. The summed E-state index contributed by atoms with van der Waals surface area (Å²) < 4.78 is 1.28. The molecule has 3 heterocycles. The number of anilines is 1. The number of aromatic nitrogens is 1. The molecule has 3 aromatic rings. The summed E-state index contributed by atoms with van der Waals surface area (Å²) >= 11 is 1.78. The van der Waals surface area contributed by atoms with Gasteiger partial charge in [0.25, 0.3) is 0 Å². The highest BCUT2D eigenvalue weighted by Gasteiger charge is 2.20. The van der Waals surface area contributed by atoms with Crippen molar-refractivity contribution >= 4 is 52.1 Å². The number of thiophene rings is 1. The highest BCUT2D eigenvalue weighted by Crippen LogP contribution is 2.34. The minimum Gasteiger partial charge on any atom is -0.388 e. The first-order valence-corrected chi connectivity index (χ1v) is 11.7. The molecule has 0 aliphatic carbocycles. The fraction of sp³-hybridized carbons (Fsp3) is 0.458. The maximum atomic E-state index is 10.4. The first-order chi connectivity index (χ1) is 14.2. The van der Waals surface area contributed by atoms with Crippen molar-refractivity contribution in [1.82, 2.24) is 9.88 Å². The number of rotatable bonds is 7. The molecule has 31 heavy (non-hydrogen) atoms. The fourth-order valence-corrected chi connectivity index (χ4v) is 4.93. The van der Waals surface area contributed by atoms with Gasteiger partial charge in [0, 0.05) is 31.7 Å². The standard InChI is InChI=1S/C24H31N3OS.2ClH/c1-3-5-6-22(28)19-9-7-18(8-10-19)21-17-20-11-16-29-23(20)24(25-21)27-14-12-26(4-2)13-15-27;;/h7-11,16-17,22,28H,3-6,12-15H2,1-2H3;2*1H. The quantitative estimate of drug-likeness (QED) is 0.437. The summed E-state index contributed by atoms with van der Waals surface area (Å²) in [5.41, 5.74) is 3.12. The molecule has 1 aromatic carbocycles. The second-order valence-corrected chi connectivity index (χ2v) is 8.79. The van der Waals surface area contributed by atoms with Crippen molar-refractivity contribution in [3.05, 3.63) is 47.3 Å². The number of likely N-dealkylation sites (N-methyl/N-ethyl adjacent to an activating group) is 1. The van der Waals surface area contributed by atoms with Gasteiger partial charge in [-0.25, -0.2) is 4.98 Å². The van der Waals surface area contributed by atoms with Crippen LogP contribution in [0.5, 0.6) is 0 Å². The number of nitrogens with zero attached hydrogens (tertiary/aromatic N) is 3. The Bertz CT molecular complexity index is 940. The van der Waals surface area contributed by atoms with Crippen LogP contribution in [-0.4, -0.2) is 47.7 Å². The minimum absolute atomic E-state index is 0. The van der Waals surface area contributed by atoms with Gasteiger partial charge in [-0.3, -0.25) is 0 Å². The van der Waals surface area contributed by atoms with Crippen LogP contribution in [-0.2, 0) is 0 Å². The highest BCUT2D eigenvalue weighted by molar-refractivity contribution is 7.17. The van der Waals surface area contributed by atoms with Crippen LogP contribution in [0, 0.1) is 0 Å². The van der Waals surface area contributed by atoms with Gasteiger partial charge in [-0.15, -0.1) is 36.2 Å². The zero-order valence-electron chi connectivity index (χ0n) is 18.3. The molecule has 1 unspecified atom stereocenters. The van der Waals surface area contributed by atoms with Gasteiger partial charge in [0.05, 0.1) is 16.5 Å². The molecule has 0 saturated carbocycles. The molecule has 1 fully saturated rings. The Morgan fingerprint density at radius 3 is 2.39 bits per heavy atom. The Labute approximate surface area is 202 Å². The van der Waals surface area contributed by atoms with Crippen molar-refractivity contribution < 1.29 is 5.11 Å². The molecular formula is C24H33Cl2N3OS. The van der Waals surface area contributed by atoms with E-state index in [1.165, 1.54) is 10.1 Å². The minimum atomic E-state index is -0.373. The van der Waals surface area contributed by atoms with E-state index in [2.05, 4.69) is 65.4 Å². The maximum Gasteiger partial charge on any atom is 0.147 e. The number of halogens is 2. The zero-order valence-corrected chi connectivity index (χ0v) is 20.7. The second kappa shape index (κ2) is 12.0. The largest absolute Gasteiger partial charge is 0.388 e. The van der Waals surface area contributed by atoms with Crippen LogP contribution in [0.1, 0.15) is 44.8 Å². The molecule has 0 spiro atoms. The fourth-order valence-electron chi connectivity index (χ4n) is 4.04. The summed E-state index contributed by atoms with van der Waals surface area (Å²) in [5, 5.41) is 13.8. The molecule has 4 nitrogen and oxygen atoms in total. The Kier molecular flexibility index (Phi) is 10.0. The van der Waals surface area contributed by atoms with E-state index in [9.17, 15) is 5.11 Å². The number of aliphatic hydroxyl groups is 1. The number of fused-ring (bicyclic) bond motifs is 1. The third-order valence-electron chi connectivity index (χ3n) is 5.96. The average Bonchev–Trinajstić information content (AvgIpc) is 3.26. The Hall–Kier alpha value is -1.37. The van der Waals surface area contributed by atoms with Gasteiger partial charge in [0.1, 0.15) is 5.82 Å². The molecule has 0 bridgehead atoms. The van der Waals surface area contributed by atoms with E-state index >= 15 is 0 Å². The first-order valence-electron chi connectivity index (χ1n) is 10.8. The van der Waals surface area contributed by atoms with Crippen molar-refractivity contribution in [3.63, 3.8) is 0 Å². The van der Waals surface area contributed by atoms with Crippen molar-refractivity contribution in [2.24, 2.45) is 0 Å². The molecule has 1 N–H and O–H groups in total. The summed E-state index contributed by atoms with van der Waals surface area (Å²) in [6.07, 6.45) is 2.60. The lowest BCUT2D eigenvalue weighted by Gasteiger charge is -2.35. The number of hydrogen-bond acceptors (Lipinski definition) is 5. The zero-order chi connectivity index (χ0) is 20.2.